The first-order valence-electron chi connectivity index (χ1n) is 9.38. The van der Waals surface area contributed by atoms with Crippen LogP contribution >= 0.6 is 0 Å². The van der Waals surface area contributed by atoms with Gasteiger partial charge < -0.3 is 4.90 Å². The fourth-order valence-corrected chi connectivity index (χ4v) is 3.33. The van der Waals surface area contributed by atoms with Gasteiger partial charge in [0.25, 0.3) is 0 Å². The quantitative estimate of drug-likeness (QED) is 0.515. The van der Waals surface area contributed by atoms with Crippen molar-refractivity contribution < 1.29 is 4.79 Å². The summed E-state index contributed by atoms with van der Waals surface area (Å²) in [7, 11) is 1.84. The predicted octanol–water partition coefficient (Wildman–Crippen LogP) is 4.01. The molecule has 0 aliphatic carbocycles. The lowest BCUT2D eigenvalue weighted by Crippen LogP contribution is -2.26. The van der Waals surface area contributed by atoms with Crippen molar-refractivity contribution in [3.63, 3.8) is 0 Å². The Hall–Kier alpha value is -3.47. The standard InChI is InChI=1S/C23H22N4O/c1-26(17-18-9-4-2-5-10-18)22(28)15-14-21-25-20-13-8-16-24-23(20)27(21)19-11-6-3-7-12-19/h2-13,16H,14-15,17H2,1H3. The number of nitrogens with zero attached hydrogens (tertiary/aromatic N) is 4. The molecule has 0 atom stereocenters. The van der Waals surface area contributed by atoms with Crippen molar-refractivity contribution >= 4 is 17.1 Å². The van der Waals surface area contributed by atoms with Crippen molar-refractivity contribution in [3.8, 4) is 5.69 Å². The monoisotopic (exact) mass is 370 g/mol. The summed E-state index contributed by atoms with van der Waals surface area (Å²) in [5.74, 6) is 0.949. The molecular weight excluding hydrogens is 348 g/mol. The van der Waals surface area contributed by atoms with Crippen molar-refractivity contribution in [2.24, 2.45) is 0 Å². The van der Waals surface area contributed by atoms with Crippen LogP contribution < -0.4 is 0 Å². The number of aromatic nitrogens is 3. The molecule has 0 radical (unpaired) electrons. The maximum absolute atomic E-state index is 12.7. The van der Waals surface area contributed by atoms with Gasteiger partial charge in [0.05, 0.1) is 0 Å². The van der Waals surface area contributed by atoms with Gasteiger partial charge in [0.1, 0.15) is 11.3 Å². The summed E-state index contributed by atoms with van der Waals surface area (Å²) in [6.45, 7) is 0.607. The summed E-state index contributed by atoms with van der Waals surface area (Å²) >= 11 is 0. The molecule has 0 aliphatic rings. The number of hydrogen-bond donors (Lipinski definition) is 0. The fourth-order valence-electron chi connectivity index (χ4n) is 3.33. The third kappa shape index (κ3) is 3.78. The van der Waals surface area contributed by atoms with Gasteiger partial charge in [-0.2, -0.15) is 0 Å². The lowest BCUT2D eigenvalue weighted by atomic mass is 10.2. The van der Waals surface area contributed by atoms with E-state index in [9.17, 15) is 4.79 Å². The summed E-state index contributed by atoms with van der Waals surface area (Å²) < 4.78 is 2.04. The Morgan fingerprint density at radius 3 is 2.43 bits per heavy atom. The van der Waals surface area contributed by atoms with Crippen LogP contribution in [0.3, 0.4) is 0 Å². The largest absolute Gasteiger partial charge is 0.341 e. The first kappa shape index (κ1) is 17.9. The van der Waals surface area contributed by atoms with Crippen LogP contribution in [0.1, 0.15) is 17.8 Å². The number of fused-ring (bicyclic) bond motifs is 1. The van der Waals surface area contributed by atoms with E-state index in [1.54, 1.807) is 11.1 Å². The van der Waals surface area contributed by atoms with Gasteiger partial charge in [0, 0.05) is 38.3 Å². The third-order valence-corrected chi connectivity index (χ3v) is 4.75. The average molecular weight is 370 g/mol. The molecular formula is C23H22N4O. The van der Waals surface area contributed by atoms with Gasteiger partial charge in [0.2, 0.25) is 5.91 Å². The summed E-state index contributed by atoms with van der Waals surface area (Å²) in [6.07, 6.45) is 2.73. The van der Waals surface area contributed by atoms with Crippen LogP contribution in [0.5, 0.6) is 0 Å². The Bertz CT molecular complexity index is 1070. The van der Waals surface area contributed by atoms with E-state index in [2.05, 4.69) is 4.98 Å². The Morgan fingerprint density at radius 2 is 1.68 bits per heavy atom. The molecule has 2 aromatic heterocycles. The normalized spacial score (nSPS) is 10.9. The third-order valence-electron chi connectivity index (χ3n) is 4.75. The van der Waals surface area contributed by atoms with Gasteiger partial charge in [-0.25, -0.2) is 9.97 Å². The van der Waals surface area contributed by atoms with E-state index in [0.29, 0.717) is 19.4 Å². The van der Waals surface area contributed by atoms with E-state index in [1.165, 1.54) is 0 Å². The van der Waals surface area contributed by atoms with E-state index >= 15 is 0 Å². The van der Waals surface area contributed by atoms with Crippen LogP contribution in [-0.4, -0.2) is 32.4 Å². The lowest BCUT2D eigenvalue weighted by Gasteiger charge is -2.17. The molecule has 4 rings (SSSR count). The molecule has 0 aliphatic heterocycles. The van der Waals surface area contributed by atoms with E-state index in [0.717, 1.165) is 28.2 Å². The molecule has 2 heterocycles. The summed E-state index contributed by atoms with van der Waals surface area (Å²) in [5, 5.41) is 0. The minimum Gasteiger partial charge on any atom is -0.341 e. The van der Waals surface area contributed by atoms with E-state index in [-0.39, 0.29) is 5.91 Å². The smallest absolute Gasteiger partial charge is 0.223 e. The molecule has 0 saturated heterocycles. The van der Waals surface area contributed by atoms with E-state index < -0.39 is 0 Å². The van der Waals surface area contributed by atoms with Crippen LogP contribution in [0, 0.1) is 0 Å². The number of aryl methyl sites for hydroxylation is 1. The molecule has 0 bridgehead atoms. The first-order valence-corrected chi connectivity index (χ1v) is 9.38. The first-order chi connectivity index (χ1) is 13.7. The molecule has 2 aromatic carbocycles. The number of carbonyl (C=O) groups excluding carboxylic acids is 1. The molecule has 4 aromatic rings. The highest BCUT2D eigenvalue weighted by Gasteiger charge is 2.16. The highest BCUT2D eigenvalue weighted by Crippen LogP contribution is 2.21. The van der Waals surface area contributed by atoms with Crippen LogP contribution in [0.25, 0.3) is 16.9 Å². The SMILES string of the molecule is CN(Cc1ccccc1)C(=O)CCc1nc2cccnc2n1-c1ccccc1. The number of rotatable bonds is 6. The molecule has 5 heteroatoms. The minimum absolute atomic E-state index is 0.100. The van der Waals surface area contributed by atoms with Gasteiger partial charge >= 0.3 is 0 Å². The second-order valence-corrected chi connectivity index (χ2v) is 6.78. The topological polar surface area (TPSA) is 51.0 Å². The van der Waals surface area contributed by atoms with Gasteiger partial charge in [-0.3, -0.25) is 9.36 Å². The Morgan fingerprint density at radius 1 is 0.964 bits per heavy atom. The van der Waals surface area contributed by atoms with Crippen molar-refractivity contribution in [2.45, 2.75) is 19.4 Å². The molecule has 0 N–H and O–H groups in total. The van der Waals surface area contributed by atoms with Gasteiger partial charge in [0.15, 0.2) is 5.65 Å². The Balaban J connectivity index is 1.54. The zero-order valence-corrected chi connectivity index (χ0v) is 15.8. The van der Waals surface area contributed by atoms with Crippen molar-refractivity contribution in [1.29, 1.82) is 0 Å². The van der Waals surface area contributed by atoms with E-state index in [1.807, 2.05) is 84.4 Å². The number of carbonyl (C=O) groups is 1. The number of benzene rings is 2. The minimum atomic E-state index is 0.100. The Labute approximate surface area is 164 Å². The number of hydrogen-bond acceptors (Lipinski definition) is 3. The number of imidazole rings is 1. The zero-order valence-electron chi connectivity index (χ0n) is 15.8. The Kier molecular flexibility index (Phi) is 5.15. The second kappa shape index (κ2) is 8.05. The molecule has 0 spiro atoms. The lowest BCUT2D eigenvalue weighted by molar-refractivity contribution is -0.130. The van der Waals surface area contributed by atoms with Crippen LogP contribution in [-0.2, 0) is 17.8 Å². The summed E-state index contributed by atoms with van der Waals surface area (Å²) in [4.78, 5) is 23.7. The maximum Gasteiger partial charge on any atom is 0.223 e. The highest BCUT2D eigenvalue weighted by molar-refractivity contribution is 5.77. The van der Waals surface area contributed by atoms with Crippen molar-refractivity contribution in [3.05, 3.63) is 90.4 Å². The number of para-hydroxylation sites is 1. The average Bonchev–Trinajstić information content (AvgIpc) is 3.11. The molecule has 1 amide bonds. The molecule has 140 valence electrons. The van der Waals surface area contributed by atoms with Crippen LogP contribution in [0.4, 0.5) is 0 Å². The van der Waals surface area contributed by atoms with Crippen LogP contribution in [0.15, 0.2) is 79.0 Å². The molecule has 28 heavy (non-hydrogen) atoms. The predicted molar refractivity (Wildman–Crippen MR) is 110 cm³/mol. The fraction of sp³-hybridized carbons (Fsp3) is 0.174. The van der Waals surface area contributed by atoms with Gasteiger partial charge in [-0.15, -0.1) is 0 Å². The molecule has 5 nitrogen and oxygen atoms in total. The number of pyridine rings is 1. The highest BCUT2D eigenvalue weighted by atomic mass is 16.2. The molecule has 0 saturated carbocycles. The summed E-state index contributed by atoms with van der Waals surface area (Å²) in [6, 6.07) is 23.9. The zero-order chi connectivity index (χ0) is 19.3. The number of amides is 1. The van der Waals surface area contributed by atoms with Crippen molar-refractivity contribution in [2.75, 3.05) is 7.05 Å². The van der Waals surface area contributed by atoms with Gasteiger partial charge in [-0.05, 0) is 29.8 Å². The van der Waals surface area contributed by atoms with Gasteiger partial charge in [-0.1, -0.05) is 48.5 Å². The molecule has 0 unspecified atom stereocenters. The second-order valence-electron chi connectivity index (χ2n) is 6.78. The summed E-state index contributed by atoms with van der Waals surface area (Å²) in [5.41, 5.74) is 3.78. The maximum atomic E-state index is 12.7. The molecule has 0 fully saturated rings. The van der Waals surface area contributed by atoms with E-state index in [4.69, 9.17) is 4.98 Å². The van der Waals surface area contributed by atoms with Crippen LogP contribution in [0.2, 0.25) is 0 Å². The van der Waals surface area contributed by atoms with Crippen molar-refractivity contribution in [1.82, 2.24) is 19.4 Å².